The van der Waals surface area contributed by atoms with Gasteiger partial charge in [-0.05, 0) is 26.8 Å². The van der Waals surface area contributed by atoms with E-state index in [1.807, 2.05) is 26.0 Å². The zero-order valence-corrected chi connectivity index (χ0v) is 12.9. The predicted molar refractivity (Wildman–Crippen MR) is 79.8 cm³/mol. The van der Waals surface area contributed by atoms with Crippen molar-refractivity contribution in [1.29, 1.82) is 0 Å². The lowest BCUT2D eigenvalue weighted by Crippen LogP contribution is -2.20. The fourth-order valence-corrected chi connectivity index (χ4v) is 1.89. The van der Waals surface area contributed by atoms with Crippen LogP contribution < -0.4 is 0 Å². The van der Waals surface area contributed by atoms with Gasteiger partial charge < -0.3 is 18.9 Å². The van der Waals surface area contributed by atoms with Crippen LogP contribution in [0.25, 0.3) is 0 Å². The molecule has 1 rings (SSSR count). The minimum absolute atomic E-state index is 0.266. The van der Waals surface area contributed by atoms with Gasteiger partial charge in [0.1, 0.15) is 12.2 Å². The minimum atomic E-state index is -0.694. The molecule has 2 atom stereocenters. The number of carbonyl (C=O) groups excluding carboxylic acids is 1. The van der Waals surface area contributed by atoms with Gasteiger partial charge in [-0.2, -0.15) is 0 Å². The van der Waals surface area contributed by atoms with Crippen molar-refractivity contribution in [3.63, 3.8) is 0 Å². The Kier molecular flexibility index (Phi) is 7.36. The van der Waals surface area contributed by atoms with Gasteiger partial charge in [0.25, 0.3) is 0 Å². The number of esters is 1. The first-order chi connectivity index (χ1) is 9.98. The molecule has 0 unspecified atom stereocenters. The third-order valence-electron chi connectivity index (χ3n) is 2.65. The average Bonchev–Trinajstić information content (AvgIpc) is 2.71. The Morgan fingerprint density at radius 2 is 1.90 bits per heavy atom. The molecule has 0 aliphatic carbocycles. The Morgan fingerprint density at radius 3 is 2.52 bits per heavy atom. The second-order valence-corrected chi connectivity index (χ2v) is 4.93. The van der Waals surface area contributed by atoms with Gasteiger partial charge in [-0.3, -0.25) is 0 Å². The highest BCUT2D eigenvalue weighted by Crippen LogP contribution is 2.29. The average molecular weight is 296 g/mol. The standard InChI is InChI=1S/C16H24O5/c1-5-11-18-12-7-8-13-14(21-16(3,4)20-13)9-10-15(17)19-6-2/h5,7-10,13-14H,1,6,11-12H2,2-4H3/b8-7-,10-9+/t13-,14+/m0/s1. The zero-order valence-electron chi connectivity index (χ0n) is 12.9. The maximum Gasteiger partial charge on any atom is 0.330 e. The second-order valence-electron chi connectivity index (χ2n) is 4.93. The highest BCUT2D eigenvalue weighted by atomic mass is 16.7. The van der Waals surface area contributed by atoms with Crippen LogP contribution in [0.2, 0.25) is 0 Å². The van der Waals surface area contributed by atoms with E-state index in [2.05, 4.69) is 6.58 Å². The molecule has 1 aliphatic rings. The van der Waals surface area contributed by atoms with Crippen LogP contribution in [0.15, 0.2) is 37.0 Å². The molecule has 0 aromatic rings. The molecule has 1 heterocycles. The third kappa shape index (κ3) is 6.71. The molecule has 0 spiro atoms. The Balaban J connectivity index is 2.57. The molecule has 0 saturated carbocycles. The molecule has 0 bridgehead atoms. The van der Waals surface area contributed by atoms with Crippen molar-refractivity contribution in [1.82, 2.24) is 0 Å². The van der Waals surface area contributed by atoms with Crippen LogP contribution in [0.5, 0.6) is 0 Å². The van der Waals surface area contributed by atoms with Crippen molar-refractivity contribution in [2.45, 2.75) is 38.8 Å². The predicted octanol–water partition coefficient (Wildman–Crippen LogP) is 2.38. The summed E-state index contributed by atoms with van der Waals surface area (Å²) in [4.78, 5) is 11.3. The Hall–Kier alpha value is -1.43. The van der Waals surface area contributed by atoms with Crippen LogP contribution in [0.3, 0.4) is 0 Å². The van der Waals surface area contributed by atoms with Crippen LogP contribution in [-0.2, 0) is 23.7 Å². The van der Waals surface area contributed by atoms with Gasteiger partial charge >= 0.3 is 5.97 Å². The van der Waals surface area contributed by atoms with Crippen molar-refractivity contribution < 1.29 is 23.7 Å². The van der Waals surface area contributed by atoms with Crippen molar-refractivity contribution in [2.75, 3.05) is 19.8 Å². The second kappa shape index (κ2) is 8.77. The van der Waals surface area contributed by atoms with Gasteiger partial charge in [0.15, 0.2) is 5.79 Å². The Morgan fingerprint density at radius 1 is 1.24 bits per heavy atom. The van der Waals surface area contributed by atoms with Gasteiger partial charge in [0.05, 0.1) is 19.8 Å². The summed E-state index contributed by atoms with van der Waals surface area (Å²) in [6.07, 6.45) is 7.86. The van der Waals surface area contributed by atoms with Crippen molar-refractivity contribution in [2.24, 2.45) is 0 Å². The van der Waals surface area contributed by atoms with E-state index in [4.69, 9.17) is 18.9 Å². The Labute approximate surface area is 126 Å². The molecule has 0 aromatic heterocycles. The first-order valence-corrected chi connectivity index (χ1v) is 7.04. The molecule has 0 N–H and O–H groups in total. The van der Waals surface area contributed by atoms with Crippen LogP contribution >= 0.6 is 0 Å². The Bertz CT molecular complexity index is 397. The summed E-state index contributed by atoms with van der Waals surface area (Å²) >= 11 is 0. The summed E-state index contributed by atoms with van der Waals surface area (Å²) in [7, 11) is 0. The van der Waals surface area contributed by atoms with Gasteiger partial charge in [-0.25, -0.2) is 4.79 Å². The van der Waals surface area contributed by atoms with E-state index in [0.29, 0.717) is 19.8 Å². The van der Waals surface area contributed by atoms with E-state index in [1.54, 1.807) is 19.1 Å². The molecule has 1 fully saturated rings. The third-order valence-corrected chi connectivity index (χ3v) is 2.65. The number of hydrogen-bond donors (Lipinski definition) is 0. The highest BCUT2D eigenvalue weighted by Gasteiger charge is 2.38. The van der Waals surface area contributed by atoms with Gasteiger partial charge in [-0.15, -0.1) is 6.58 Å². The summed E-state index contributed by atoms with van der Waals surface area (Å²) in [5.41, 5.74) is 0. The lowest BCUT2D eigenvalue weighted by atomic mass is 10.2. The molecule has 5 heteroatoms. The van der Waals surface area contributed by atoms with Crippen molar-refractivity contribution >= 4 is 5.97 Å². The lowest BCUT2D eigenvalue weighted by molar-refractivity contribution is -0.140. The molecule has 0 aromatic carbocycles. The molecule has 0 amide bonds. The van der Waals surface area contributed by atoms with Crippen molar-refractivity contribution in [3.05, 3.63) is 37.0 Å². The molecule has 5 nitrogen and oxygen atoms in total. The molecule has 118 valence electrons. The van der Waals surface area contributed by atoms with Gasteiger partial charge in [-0.1, -0.05) is 18.2 Å². The minimum Gasteiger partial charge on any atom is -0.463 e. The quantitative estimate of drug-likeness (QED) is 0.298. The summed E-state index contributed by atoms with van der Waals surface area (Å²) in [6.45, 7) is 10.3. The van der Waals surface area contributed by atoms with Crippen LogP contribution in [0, 0.1) is 0 Å². The molecule has 0 radical (unpaired) electrons. The van der Waals surface area contributed by atoms with E-state index in [-0.39, 0.29) is 18.2 Å². The lowest BCUT2D eigenvalue weighted by Gasteiger charge is -2.15. The van der Waals surface area contributed by atoms with Gasteiger partial charge in [0, 0.05) is 6.08 Å². The summed E-state index contributed by atoms with van der Waals surface area (Å²) < 4.78 is 21.6. The molecular formula is C16H24O5. The molecule has 1 saturated heterocycles. The first-order valence-electron chi connectivity index (χ1n) is 7.04. The monoisotopic (exact) mass is 296 g/mol. The number of ether oxygens (including phenoxy) is 4. The van der Waals surface area contributed by atoms with E-state index >= 15 is 0 Å². The number of hydrogen-bond acceptors (Lipinski definition) is 5. The fourth-order valence-electron chi connectivity index (χ4n) is 1.89. The molecule has 21 heavy (non-hydrogen) atoms. The van der Waals surface area contributed by atoms with E-state index in [0.717, 1.165) is 0 Å². The normalized spacial score (nSPS) is 24.7. The van der Waals surface area contributed by atoms with E-state index in [1.165, 1.54) is 6.08 Å². The number of carbonyl (C=O) groups is 1. The van der Waals surface area contributed by atoms with Crippen LogP contribution in [0.1, 0.15) is 20.8 Å². The SMILES string of the molecule is C=CCOC/C=C\[C@@H]1OC(C)(C)O[C@@H]1/C=C/C(=O)OCC. The van der Waals surface area contributed by atoms with Crippen LogP contribution in [-0.4, -0.2) is 43.8 Å². The van der Waals surface area contributed by atoms with Crippen LogP contribution in [0.4, 0.5) is 0 Å². The smallest absolute Gasteiger partial charge is 0.330 e. The molecule has 1 aliphatic heterocycles. The van der Waals surface area contributed by atoms with Gasteiger partial charge in [0.2, 0.25) is 0 Å². The highest BCUT2D eigenvalue weighted by molar-refractivity contribution is 5.81. The van der Waals surface area contributed by atoms with Crippen molar-refractivity contribution in [3.8, 4) is 0 Å². The summed E-state index contributed by atoms with van der Waals surface area (Å²) in [6, 6.07) is 0. The van der Waals surface area contributed by atoms with E-state index in [9.17, 15) is 4.79 Å². The largest absolute Gasteiger partial charge is 0.463 e. The summed E-state index contributed by atoms with van der Waals surface area (Å²) in [5.74, 6) is -1.08. The van der Waals surface area contributed by atoms with E-state index < -0.39 is 5.79 Å². The zero-order chi connectivity index (χ0) is 15.7. The fraction of sp³-hybridized carbons (Fsp3) is 0.562. The summed E-state index contributed by atoms with van der Waals surface area (Å²) in [5, 5.41) is 0. The molecular weight excluding hydrogens is 272 g/mol. The maximum absolute atomic E-state index is 11.3. The first kappa shape index (κ1) is 17.6. The topological polar surface area (TPSA) is 54.0 Å². The maximum atomic E-state index is 11.3. The number of rotatable bonds is 8.